The molecule has 0 saturated carbocycles. The highest BCUT2D eigenvalue weighted by atomic mass is 16.7. The molecule has 0 spiro atoms. The van der Waals surface area contributed by atoms with Gasteiger partial charge in [0.25, 0.3) is 0 Å². The molecule has 1 heterocycles. The standard InChI is InChI=1S/C8H16N2O/c1-4-11-10-5-7(2)9-8(3)6-10/h4,7-9H,1,5-6H2,2-3H3/t7-,8+. The number of rotatable bonds is 2. The molecule has 1 aliphatic rings. The Morgan fingerprint density at radius 3 is 2.45 bits per heavy atom. The van der Waals surface area contributed by atoms with E-state index in [0.29, 0.717) is 12.1 Å². The summed E-state index contributed by atoms with van der Waals surface area (Å²) in [5.74, 6) is 0. The molecule has 1 N–H and O–H groups in total. The lowest BCUT2D eigenvalue weighted by Crippen LogP contribution is -2.53. The van der Waals surface area contributed by atoms with Crippen molar-refractivity contribution >= 4 is 0 Å². The molecule has 0 unspecified atom stereocenters. The molecule has 1 rings (SSSR count). The average Bonchev–Trinajstić information content (AvgIpc) is 1.85. The van der Waals surface area contributed by atoms with Gasteiger partial charge in [-0.2, -0.15) is 0 Å². The second kappa shape index (κ2) is 3.74. The fraction of sp³-hybridized carbons (Fsp3) is 0.750. The summed E-state index contributed by atoms with van der Waals surface area (Å²) in [6.07, 6.45) is 1.48. The Labute approximate surface area is 68.0 Å². The SMILES string of the molecule is C=CON1C[C@@H](C)N[C@@H](C)C1. The summed E-state index contributed by atoms with van der Waals surface area (Å²) in [6.45, 7) is 9.67. The van der Waals surface area contributed by atoms with E-state index in [2.05, 4.69) is 25.7 Å². The Hall–Kier alpha value is -0.540. The third kappa shape index (κ3) is 2.52. The number of nitrogens with zero attached hydrogens (tertiary/aromatic N) is 1. The Morgan fingerprint density at radius 1 is 1.45 bits per heavy atom. The molecule has 1 aliphatic heterocycles. The number of hydrogen-bond acceptors (Lipinski definition) is 3. The summed E-state index contributed by atoms with van der Waals surface area (Å²) in [6, 6.07) is 0.998. The van der Waals surface area contributed by atoms with Crippen molar-refractivity contribution in [1.29, 1.82) is 0 Å². The van der Waals surface area contributed by atoms with E-state index in [0.717, 1.165) is 13.1 Å². The first-order chi connectivity index (χ1) is 5.22. The highest BCUT2D eigenvalue weighted by Gasteiger charge is 2.20. The van der Waals surface area contributed by atoms with Crippen molar-refractivity contribution < 1.29 is 4.84 Å². The van der Waals surface area contributed by atoms with Crippen LogP contribution in [0, 0.1) is 0 Å². The van der Waals surface area contributed by atoms with Gasteiger partial charge in [-0.3, -0.25) is 0 Å². The largest absolute Gasteiger partial charge is 0.414 e. The Morgan fingerprint density at radius 2 is 2.00 bits per heavy atom. The van der Waals surface area contributed by atoms with E-state index in [4.69, 9.17) is 4.84 Å². The van der Waals surface area contributed by atoms with Crippen LogP contribution in [0.1, 0.15) is 13.8 Å². The Kier molecular flexibility index (Phi) is 2.91. The monoisotopic (exact) mass is 156 g/mol. The summed E-state index contributed by atoms with van der Waals surface area (Å²) in [5, 5.41) is 5.34. The van der Waals surface area contributed by atoms with E-state index in [-0.39, 0.29) is 0 Å². The topological polar surface area (TPSA) is 24.5 Å². The van der Waals surface area contributed by atoms with Crippen molar-refractivity contribution in [2.45, 2.75) is 25.9 Å². The van der Waals surface area contributed by atoms with E-state index < -0.39 is 0 Å². The molecule has 64 valence electrons. The lowest BCUT2D eigenvalue weighted by atomic mass is 10.2. The van der Waals surface area contributed by atoms with Crippen LogP contribution in [-0.2, 0) is 4.84 Å². The molecule has 3 nitrogen and oxygen atoms in total. The number of piperazine rings is 1. The van der Waals surface area contributed by atoms with Crippen LogP contribution in [0.5, 0.6) is 0 Å². The molecule has 0 aromatic rings. The van der Waals surface area contributed by atoms with Crippen LogP contribution in [0.2, 0.25) is 0 Å². The highest BCUT2D eigenvalue weighted by Crippen LogP contribution is 2.03. The van der Waals surface area contributed by atoms with Gasteiger partial charge in [-0.25, -0.2) is 0 Å². The summed E-state index contributed by atoms with van der Waals surface area (Å²) < 4.78 is 0. The van der Waals surface area contributed by atoms with Gasteiger partial charge in [0.05, 0.1) is 0 Å². The van der Waals surface area contributed by atoms with Crippen molar-refractivity contribution in [3.05, 3.63) is 12.8 Å². The minimum absolute atomic E-state index is 0.499. The molecule has 0 aliphatic carbocycles. The first-order valence-corrected chi connectivity index (χ1v) is 4.01. The third-order valence-corrected chi connectivity index (χ3v) is 1.75. The van der Waals surface area contributed by atoms with Crippen LogP contribution in [0.4, 0.5) is 0 Å². The molecule has 3 heteroatoms. The maximum absolute atomic E-state index is 5.18. The van der Waals surface area contributed by atoms with Crippen LogP contribution in [0.25, 0.3) is 0 Å². The molecule has 0 amide bonds. The van der Waals surface area contributed by atoms with Gasteiger partial charge in [-0.15, -0.1) is 5.06 Å². The van der Waals surface area contributed by atoms with E-state index in [1.54, 1.807) is 0 Å². The number of hydroxylamine groups is 2. The van der Waals surface area contributed by atoms with Gasteiger partial charge >= 0.3 is 0 Å². The molecule has 0 bridgehead atoms. The average molecular weight is 156 g/mol. The molecule has 0 radical (unpaired) electrons. The molecule has 0 aromatic carbocycles. The van der Waals surface area contributed by atoms with Gasteiger partial charge in [0, 0.05) is 25.2 Å². The molecular weight excluding hydrogens is 140 g/mol. The maximum Gasteiger partial charge on any atom is 0.104 e. The van der Waals surface area contributed by atoms with Gasteiger partial charge in [0.2, 0.25) is 0 Å². The molecule has 11 heavy (non-hydrogen) atoms. The predicted octanol–water partition coefficient (Wildman–Crippen LogP) is 0.744. The fourth-order valence-electron chi connectivity index (χ4n) is 1.47. The van der Waals surface area contributed by atoms with Gasteiger partial charge in [0.15, 0.2) is 0 Å². The van der Waals surface area contributed by atoms with Gasteiger partial charge in [0.1, 0.15) is 6.26 Å². The van der Waals surface area contributed by atoms with Crippen LogP contribution < -0.4 is 5.32 Å². The smallest absolute Gasteiger partial charge is 0.104 e. The quantitative estimate of drug-likeness (QED) is 0.597. The van der Waals surface area contributed by atoms with E-state index in [1.165, 1.54) is 6.26 Å². The second-order valence-corrected chi connectivity index (χ2v) is 3.09. The van der Waals surface area contributed by atoms with Crippen LogP contribution in [0.15, 0.2) is 12.8 Å². The lowest BCUT2D eigenvalue weighted by molar-refractivity contribution is -0.126. The van der Waals surface area contributed by atoms with Crippen LogP contribution in [-0.4, -0.2) is 30.2 Å². The zero-order valence-electron chi connectivity index (χ0n) is 7.21. The zero-order valence-corrected chi connectivity index (χ0v) is 7.21. The number of hydrogen-bond donors (Lipinski definition) is 1. The van der Waals surface area contributed by atoms with Crippen LogP contribution >= 0.6 is 0 Å². The van der Waals surface area contributed by atoms with Crippen molar-refractivity contribution in [1.82, 2.24) is 10.4 Å². The first kappa shape index (κ1) is 8.56. The zero-order chi connectivity index (χ0) is 8.27. The maximum atomic E-state index is 5.18. The van der Waals surface area contributed by atoms with E-state index in [1.807, 2.05) is 5.06 Å². The molecule has 2 atom stereocenters. The van der Waals surface area contributed by atoms with Gasteiger partial charge < -0.3 is 10.2 Å². The Balaban J connectivity index is 2.36. The third-order valence-electron chi connectivity index (χ3n) is 1.75. The highest BCUT2D eigenvalue weighted by molar-refractivity contribution is 4.77. The summed E-state index contributed by atoms with van der Waals surface area (Å²) in [5.41, 5.74) is 0. The minimum Gasteiger partial charge on any atom is -0.414 e. The second-order valence-electron chi connectivity index (χ2n) is 3.09. The van der Waals surface area contributed by atoms with Crippen molar-refractivity contribution in [3.8, 4) is 0 Å². The summed E-state index contributed by atoms with van der Waals surface area (Å²) in [4.78, 5) is 5.18. The van der Waals surface area contributed by atoms with Crippen LogP contribution in [0.3, 0.4) is 0 Å². The molecular formula is C8H16N2O. The van der Waals surface area contributed by atoms with Gasteiger partial charge in [-0.1, -0.05) is 6.58 Å². The summed E-state index contributed by atoms with van der Waals surface area (Å²) >= 11 is 0. The fourth-order valence-corrected chi connectivity index (χ4v) is 1.47. The molecule has 1 saturated heterocycles. The van der Waals surface area contributed by atoms with Crippen molar-refractivity contribution in [2.75, 3.05) is 13.1 Å². The Bertz CT molecular complexity index is 128. The first-order valence-electron chi connectivity index (χ1n) is 4.01. The lowest BCUT2D eigenvalue weighted by Gasteiger charge is -2.34. The van der Waals surface area contributed by atoms with Crippen molar-refractivity contribution in [2.24, 2.45) is 0 Å². The number of nitrogens with one attached hydrogen (secondary N) is 1. The van der Waals surface area contributed by atoms with Crippen molar-refractivity contribution in [3.63, 3.8) is 0 Å². The normalized spacial score (nSPS) is 33.3. The summed E-state index contributed by atoms with van der Waals surface area (Å²) in [7, 11) is 0. The molecule has 1 fully saturated rings. The van der Waals surface area contributed by atoms with E-state index in [9.17, 15) is 0 Å². The predicted molar refractivity (Wildman–Crippen MR) is 44.9 cm³/mol. The van der Waals surface area contributed by atoms with E-state index >= 15 is 0 Å². The molecule has 0 aromatic heterocycles. The minimum atomic E-state index is 0.499. The van der Waals surface area contributed by atoms with Gasteiger partial charge in [-0.05, 0) is 13.8 Å².